The summed E-state index contributed by atoms with van der Waals surface area (Å²) in [6.07, 6.45) is 0. The van der Waals surface area contributed by atoms with E-state index < -0.39 is 10.8 Å². The van der Waals surface area contributed by atoms with Crippen molar-refractivity contribution in [3.05, 3.63) is 522 Å². The van der Waals surface area contributed by atoms with E-state index in [1.807, 2.05) is 0 Å². The van der Waals surface area contributed by atoms with Crippen molar-refractivity contribution in [2.24, 2.45) is 0 Å². The van der Waals surface area contributed by atoms with Gasteiger partial charge in [-0.25, -0.2) is 0 Å². The lowest BCUT2D eigenvalue weighted by molar-refractivity contribution is 0.769. The van der Waals surface area contributed by atoms with Crippen LogP contribution in [0, 0.1) is 0 Å². The Hall–Kier alpha value is -15.7. The van der Waals surface area contributed by atoms with E-state index in [1.54, 1.807) is 0 Å². The van der Waals surface area contributed by atoms with Crippen molar-refractivity contribution >= 4 is 87.0 Å². The van der Waals surface area contributed by atoms with Crippen molar-refractivity contribution in [2.75, 3.05) is 0 Å². The highest BCUT2D eigenvalue weighted by Gasteiger charge is 2.50. The van der Waals surface area contributed by atoms with Gasteiger partial charge in [-0.1, -0.05) is 376 Å². The van der Waals surface area contributed by atoms with Crippen LogP contribution in [0.5, 0.6) is 0 Å². The van der Waals surface area contributed by atoms with Gasteiger partial charge in [-0.15, -0.1) is 0 Å². The lowest BCUT2D eigenvalue weighted by atomic mass is 9.67. The highest BCUT2D eigenvalue weighted by atomic mass is 15.0. The first kappa shape index (κ1) is 69.4. The van der Waals surface area contributed by atoms with E-state index in [9.17, 15) is 0 Å². The van der Waals surface area contributed by atoms with Crippen LogP contribution in [0.15, 0.2) is 461 Å². The molecule has 3 aromatic heterocycles. The summed E-state index contributed by atoms with van der Waals surface area (Å²) in [7, 11) is 0. The number of hydrogen-bond donors (Lipinski definition) is 0. The summed E-state index contributed by atoms with van der Waals surface area (Å²) in [4.78, 5) is 0. The molecule has 0 aliphatic heterocycles. The van der Waals surface area contributed by atoms with Gasteiger partial charge in [0.15, 0.2) is 0 Å². The minimum atomic E-state index is -0.540. The molecule has 1 atom stereocenters. The molecule has 0 saturated heterocycles. The Labute approximate surface area is 707 Å². The van der Waals surface area contributed by atoms with Crippen molar-refractivity contribution in [3.8, 4) is 72.7 Å². The average Bonchev–Trinajstić information content (AvgIpc) is 1.52. The molecule has 0 radical (unpaired) electrons. The van der Waals surface area contributed by atoms with Crippen LogP contribution in [0.3, 0.4) is 0 Å². The van der Waals surface area contributed by atoms with Gasteiger partial charge in [0.25, 0.3) is 0 Å². The van der Waals surface area contributed by atoms with Crippen LogP contribution in [-0.4, -0.2) is 13.7 Å². The number of nitrogens with zero attached hydrogens (tertiary/aromatic N) is 3. The monoisotopic (exact) mass is 1550 g/mol. The van der Waals surface area contributed by atoms with Gasteiger partial charge in [-0.3, -0.25) is 0 Å². The average molecular weight is 1550 g/mol. The molecule has 23 aromatic rings. The molecule has 3 heterocycles. The molecule has 568 valence electrons. The maximum atomic E-state index is 2.53. The summed E-state index contributed by atoms with van der Waals surface area (Å²) in [5.74, 6) is 0.194. The number of rotatable bonds is 10. The van der Waals surface area contributed by atoms with E-state index in [-0.39, 0.29) is 5.92 Å². The standard InChI is InChI=1S/C60H39N.C59H38N2/c1-4-18-44(19-5-1)60(45-20-6-2-7-21-45)54-27-15-14-26-51(54)58-55(60)34-33-50-53-38-42(31-35-56(53)61(59(50)58)46-22-8-3-9-23-46)41-30-32-49-52(37-41)47-24-12-13-25-48(47)57(49)43-29-28-39-16-10-11-17-40(39)36-43;1-4-18-43(19-5-1)59(44-20-6-2-7-21-44)53-26-14-12-24-47(53)49-32-33-50-52-38-42(30-35-56(52)61(58(50)57(49)59)45-22-8-3-9-23-45)41-29-34-55-51(37-41)48-25-13-15-27-54(48)60(55)46-31-28-39-16-10-11-17-40(39)36-46/h1-38,57H;1-38H. The number of aromatic nitrogens is 3. The largest absolute Gasteiger partial charge is 0.309 e. The molecule has 3 heteroatoms. The van der Waals surface area contributed by atoms with Crippen LogP contribution < -0.4 is 0 Å². The summed E-state index contributed by atoms with van der Waals surface area (Å²) in [5.41, 5.74) is 36.9. The fourth-order valence-electron chi connectivity index (χ4n) is 22.0. The Morgan fingerprint density at radius 2 is 0.615 bits per heavy atom. The molecule has 0 bridgehead atoms. The van der Waals surface area contributed by atoms with Gasteiger partial charge in [0.2, 0.25) is 0 Å². The van der Waals surface area contributed by atoms with E-state index in [1.165, 1.54) is 209 Å². The zero-order chi connectivity index (χ0) is 80.1. The van der Waals surface area contributed by atoms with Crippen LogP contribution in [-0.2, 0) is 10.8 Å². The Morgan fingerprint density at radius 1 is 0.197 bits per heavy atom. The lowest BCUT2D eigenvalue weighted by Gasteiger charge is -2.34. The molecule has 0 fully saturated rings. The molecular weight excluding hydrogens is 1470 g/mol. The van der Waals surface area contributed by atoms with Gasteiger partial charge < -0.3 is 13.7 Å². The van der Waals surface area contributed by atoms with Gasteiger partial charge in [0, 0.05) is 66.4 Å². The molecule has 0 spiro atoms. The summed E-state index contributed by atoms with van der Waals surface area (Å²) < 4.78 is 7.46. The summed E-state index contributed by atoms with van der Waals surface area (Å²) in [6, 6.07) is 171. The second kappa shape index (κ2) is 27.5. The maximum Gasteiger partial charge on any atom is 0.0734 e. The smallest absolute Gasteiger partial charge is 0.0734 e. The normalized spacial score (nSPS) is 13.8. The minimum absolute atomic E-state index is 0.194. The van der Waals surface area contributed by atoms with E-state index in [0.29, 0.717) is 0 Å². The SMILES string of the molecule is c1ccc(-n2c3ccc(-c4ccc5c(c4)-c4ccccc4C5c4ccc5ccccc5c4)cc3c3ccc4c(c32)-c2ccccc2C4(c2ccccc2)c2ccccc2)cc1.c1ccc(-n2c3ccc(-c4ccc5c(c4)c4ccccc4n5-c4ccc5ccccc5c4)cc3c3ccc4c(c32)C(c2ccccc2)(c2ccccc2)c2ccccc2-4)cc1. The quantitative estimate of drug-likeness (QED) is 0.130. The van der Waals surface area contributed by atoms with Crippen LogP contribution in [0.4, 0.5) is 0 Å². The molecule has 0 amide bonds. The lowest BCUT2D eigenvalue weighted by Crippen LogP contribution is -2.29. The fraction of sp³-hybridized carbons (Fsp3) is 0.0252. The maximum absolute atomic E-state index is 2.53. The molecule has 3 nitrogen and oxygen atoms in total. The van der Waals surface area contributed by atoms with Gasteiger partial charge >= 0.3 is 0 Å². The molecule has 122 heavy (non-hydrogen) atoms. The van der Waals surface area contributed by atoms with Gasteiger partial charge in [0.05, 0.1) is 43.9 Å². The second-order valence-corrected chi connectivity index (χ2v) is 33.2. The topological polar surface area (TPSA) is 14.8 Å². The number of hydrogen-bond acceptors (Lipinski definition) is 0. The fourth-order valence-corrected chi connectivity index (χ4v) is 22.0. The summed E-state index contributed by atoms with van der Waals surface area (Å²) in [6.45, 7) is 0. The van der Waals surface area contributed by atoms with Crippen LogP contribution in [0.25, 0.3) is 160 Å². The second-order valence-electron chi connectivity index (χ2n) is 33.2. The van der Waals surface area contributed by atoms with Gasteiger partial charge in [-0.2, -0.15) is 0 Å². The molecule has 0 N–H and O–H groups in total. The van der Waals surface area contributed by atoms with Crippen LogP contribution in [0.1, 0.15) is 67.1 Å². The van der Waals surface area contributed by atoms with Crippen molar-refractivity contribution < 1.29 is 0 Å². The third-order valence-corrected chi connectivity index (χ3v) is 27.1. The third kappa shape index (κ3) is 10.2. The number of fused-ring (bicyclic) bond motifs is 22. The first-order chi connectivity index (χ1) is 60.5. The number of para-hydroxylation sites is 3. The van der Waals surface area contributed by atoms with Crippen molar-refractivity contribution in [2.45, 2.75) is 16.7 Å². The Balaban J connectivity index is 0.000000134. The first-order valence-electron chi connectivity index (χ1n) is 42.6. The molecule has 0 saturated carbocycles. The zero-order valence-electron chi connectivity index (χ0n) is 66.8. The van der Waals surface area contributed by atoms with E-state index >= 15 is 0 Å². The van der Waals surface area contributed by atoms with Crippen LogP contribution >= 0.6 is 0 Å². The Kier molecular flexibility index (Phi) is 15.6. The highest BCUT2D eigenvalue weighted by Crippen LogP contribution is 2.62. The molecule has 26 rings (SSSR count). The van der Waals surface area contributed by atoms with Crippen molar-refractivity contribution in [3.63, 3.8) is 0 Å². The summed E-state index contributed by atoms with van der Waals surface area (Å²) in [5, 5.41) is 12.5. The highest BCUT2D eigenvalue weighted by molar-refractivity contribution is 6.19. The van der Waals surface area contributed by atoms with E-state index in [2.05, 4.69) is 475 Å². The summed E-state index contributed by atoms with van der Waals surface area (Å²) >= 11 is 0. The van der Waals surface area contributed by atoms with Crippen molar-refractivity contribution in [1.29, 1.82) is 0 Å². The third-order valence-electron chi connectivity index (χ3n) is 27.1. The predicted octanol–water partition coefficient (Wildman–Crippen LogP) is 30.2. The predicted molar refractivity (Wildman–Crippen MR) is 509 cm³/mol. The molecule has 20 aromatic carbocycles. The first-order valence-corrected chi connectivity index (χ1v) is 42.6. The van der Waals surface area contributed by atoms with Gasteiger partial charge in [-0.05, 0) is 212 Å². The van der Waals surface area contributed by atoms with E-state index in [0.717, 1.165) is 11.4 Å². The zero-order valence-corrected chi connectivity index (χ0v) is 66.8. The van der Waals surface area contributed by atoms with Gasteiger partial charge in [0.1, 0.15) is 0 Å². The molecular formula is C119H77N3. The molecule has 3 aliphatic carbocycles. The number of benzene rings is 20. The molecule has 3 aliphatic rings. The van der Waals surface area contributed by atoms with E-state index in [4.69, 9.17) is 0 Å². The Morgan fingerprint density at radius 3 is 1.22 bits per heavy atom. The minimum Gasteiger partial charge on any atom is -0.309 e. The molecule has 1 unspecified atom stereocenters. The van der Waals surface area contributed by atoms with Crippen LogP contribution in [0.2, 0.25) is 0 Å². The van der Waals surface area contributed by atoms with Crippen molar-refractivity contribution in [1.82, 2.24) is 13.7 Å². The Bertz CT molecular complexity index is 8090.